The van der Waals surface area contributed by atoms with Gasteiger partial charge in [0.25, 0.3) is 0 Å². The van der Waals surface area contributed by atoms with Gasteiger partial charge < -0.3 is 10.6 Å². The Morgan fingerprint density at radius 3 is 2.93 bits per heavy atom. The molecule has 0 aromatic heterocycles. The summed E-state index contributed by atoms with van der Waals surface area (Å²) in [5.74, 6) is 2.62. The molecule has 1 fully saturated rings. The summed E-state index contributed by atoms with van der Waals surface area (Å²) < 4.78 is 0. The first-order chi connectivity index (χ1) is 7.20. The molecule has 0 spiro atoms. The van der Waals surface area contributed by atoms with Crippen LogP contribution in [0.25, 0.3) is 0 Å². The van der Waals surface area contributed by atoms with Gasteiger partial charge >= 0.3 is 0 Å². The highest BCUT2D eigenvalue weighted by Crippen LogP contribution is 2.29. The van der Waals surface area contributed by atoms with Gasteiger partial charge in [-0.15, -0.1) is 0 Å². The minimum atomic E-state index is 0.554. The van der Waals surface area contributed by atoms with Crippen LogP contribution in [0.2, 0.25) is 0 Å². The summed E-state index contributed by atoms with van der Waals surface area (Å²) in [5, 5.41) is 6.89. The van der Waals surface area contributed by atoms with Crippen molar-refractivity contribution in [1.82, 2.24) is 10.6 Å². The van der Waals surface area contributed by atoms with E-state index in [0.29, 0.717) is 18.0 Å². The van der Waals surface area contributed by atoms with E-state index in [-0.39, 0.29) is 0 Å². The zero-order valence-electron chi connectivity index (χ0n) is 10.1. The largest absolute Gasteiger partial charge is 0.369 e. The molecule has 3 heteroatoms. The molecule has 1 aliphatic carbocycles. The van der Waals surface area contributed by atoms with Crippen LogP contribution in [0.15, 0.2) is 4.99 Å². The lowest BCUT2D eigenvalue weighted by atomic mass is 9.83. The number of nitrogens with zero attached hydrogens (tertiary/aromatic N) is 1. The highest BCUT2D eigenvalue weighted by Gasteiger charge is 2.35. The molecule has 0 radical (unpaired) electrons. The summed E-state index contributed by atoms with van der Waals surface area (Å²) in [7, 11) is 2.05. The van der Waals surface area contributed by atoms with Crippen molar-refractivity contribution in [3.8, 4) is 0 Å². The Bertz CT molecular complexity index is 247. The van der Waals surface area contributed by atoms with Gasteiger partial charge in [-0.2, -0.15) is 0 Å². The molecule has 0 bridgehead atoms. The van der Waals surface area contributed by atoms with E-state index >= 15 is 0 Å². The molecule has 2 N–H and O–H groups in total. The fourth-order valence-corrected chi connectivity index (χ4v) is 2.75. The number of aliphatic imine (C=N–C) groups is 1. The molecular weight excluding hydrogens is 186 g/mol. The third-order valence-corrected chi connectivity index (χ3v) is 3.60. The molecule has 0 aromatic rings. The summed E-state index contributed by atoms with van der Waals surface area (Å²) in [4.78, 5) is 4.79. The normalized spacial score (nSPS) is 34.9. The average molecular weight is 209 g/mol. The maximum absolute atomic E-state index is 4.79. The molecule has 0 amide bonds. The van der Waals surface area contributed by atoms with Gasteiger partial charge in [0.15, 0.2) is 0 Å². The van der Waals surface area contributed by atoms with Gasteiger partial charge in [-0.25, -0.2) is 0 Å². The van der Waals surface area contributed by atoms with Crippen molar-refractivity contribution in [2.24, 2.45) is 16.8 Å². The topological polar surface area (TPSA) is 36.4 Å². The Balaban J connectivity index is 1.92. The Morgan fingerprint density at radius 2 is 2.27 bits per heavy atom. The molecule has 3 unspecified atom stereocenters. The molecule has 3 atom stereocenters. The van der Waals surface area contributed by atoms with E-state index in [1.54, 1.807) is 0 Å². The molecule has 0 saturated heterocycles. The van der Waals surface area contributed by atoms with Crippen molar-refractivity contribution >= 4 is 5.84 Å². The fraction of sp³-hybridized carbons (Fsp3) is 0.917. The lowest BCUT2D eigenvalue weighted by Crippen LogP contribution is -2.42. The zero-order valence-corrected chi connectivity index (χ0v) is 10.1. The molecule has 1 aliphatic heterocycles. The van der Waals surface area contributed by atoms with Crippen molar-refractivity contribution in [3.05, 3.63) is 0 Å². The van der Waals surface area contributed by atoms with Gasteiger partial charge in [0, 0.05) is 12.0 Å². The molecule has 86 valence electrons. The summed E-state index contributed by atoms with van der Waals surface area (Å²) in [6.07, 6.45) is 3.88. The minimum absolute atomic E-state index is 0.554. The van der Waals surface area contributed by atoms with E-state index in [9.17, 15) is 0 Å². The predicted octanol–water partition coefficient (Wildman–Crippen LogP) is 1.40. The van der Waals surface area contributed by atoms with E-state index in [2.05, 4.69) is 24.5 Å². The second kappa shape index (κ2) is 4.52. The van der Waals surface area contributed by atoms with Crippen LogP contribution in [0.4, 0.5) is 0 Å². The Labute approximate surface area is 92.7 Å². The standard InChI is InChI=1S/C12H23N3/c1-8(2)12-14-10-5-4-9(7-13-3)6-11(10)15-12/h8-11,13H,4-7H2,1-3H3,(H,14,15). The highest BCUT2D eigenvalue weighted by molar-refractivity contribution is 5.86. The first kappa shape index (κ1) is 10.9. The van der Waals surface area contributed by atoms with Gasteiger partial charge in [-0.1, -0.05) is 13.8 Å². The maximum atomic E-state index is 4.79. The Kier molecular flexibility index (Phi) is 3.29. The summed E-state index contributed by atoms with van der Waals surface area (Å²) in [5.41, 5.74) is 0. The number of hydrogen-bond donors (Lipinski definition) is 2. The van der Waals surface area contributed by atoms with Gasteiger partial charge in [0.05, 0.1) is 11.9 Å². The first-order valence-electron chi connectivity index (χ1n) is 6.19. The predicted molar refractivity (Wildman–Crippen MR) is 64.3 cm³/mol. The Morgan fingerprint density at radius 1 is 1.47 bits per heavy atom. The highest BCUT2D eigenvalue weighted by atomic mass is 15.1. The van der Waals surface area contributed by atoms with Crippen LogP contribution in [-0.4, -0.2) is 31.5 Å². The van der Waals surface area contributed by atoms with Gasteiger partial charge in [0.1, 0.15) is 0 Å². The van der Waals surface area contributed by atoms with E-state index in [1.165, 1.54) is 25.1 Å². The molecule has 0 aromatic carbocycles. The van der Waals surface area contributed by atoms with Crippen LogP contribution in [0.5, 0.6) is 0 Å². The van der Waals surface area contributed by atoms with E-state index in [4.69, 9.17) is 4.99 Å². The molecule has 2 rings (SSSR count). The first-order valence-corrected chi connectivity index (χ1v) is 6.19. The van der Waals surface area contributed by atoms with Crippen LogP contribution in [0.3, 0.4) is 0 Å². The average Bonchev–Trinajstić information content (AvgIpc) is 2.61. The number of hydrogen-bond acceptors (Lipinski definition) is 3. The van der Waals surface area contributed by atoms with Crippen LogP contribution in [0.1, 0.15) is 33.1 Å². The third kappa shape index (κ3) is 2.33. The van der Waals surface area contributed by atoms with Gasteiger partial charge in [-0.05, 0) is 38.8 Å². The molecule has 3 nitrogen and oxygen atoms in total. The second-order valence-electron chi connectivity index (χ2n) is 5.22. The minimum Gasteiger partial charge on any atom is -0.369 e. The van der Waals surface area contributed by atoms with Crippen LogP contribution in [0, 0.1) is 11.8 Å². The molecule has 2 aliphatic rings. The van der Waals surface area contributed by atoms with Crippen LogP contribution >= 0.6 is 0 Å². The van der Waals surface area contributed by atoms with E-state index in [0.717, 1.165) is 12.5 Å². The second-order valence-corrected chi connectivity index (χ2v) is 5.22. The van der Waals surface area contributed by atoms with Gasteiger partial charge in [-0.3, -0.25) is 4.99 Å². The maximum Gasteiger partial charge on any atom is 0.0996 e. The lowest BCUT2D eigenvalue weighted by molar-refractivity contribution is 0.284. The van der Waals surface area contributed by atoms with Crippen LogP contribution in [-0.2, 0) is 0 Å². The quantitative estimate of drug-likeness (QED) is 0.737. The number of amidine groups is 1. The number of rotatable bonds is 3. The fourth-order valence-electron chi connectivity index (χ4n) is 2.75. The van der Waals surface area contributed by atoms with E-state index < -0.39 is 0 Å². The van der Waals surface area contributed by atoms with Gasteiger partial charge in [0.2, 0.25) is 0 Å². The molecule has 1 saturated carbocycles. The molecular formula is C12H23N3. The monoisotopic (exact) mass is 209 g/mol. The lowest BCUT2D eigenvalue weighted by Gasteiger charge is -2.30. The summed E-state index contributed by atoms with van der Waals surface area (Å²) in [6, 6.07) is 1.19. The number of fused-ring (bicyclic) bond motifs is 1. The van der Waals surface area contributed by atoms with Crippen molar-refractivity contribution in [1.29, 1.82) is 0 Å². The summed E-state index contributed by atoms with van der Waals surface area (Å²) in [6.45, 7) is 5.59. The smallest absolute Gasteiger partial charge is 0.0996 e. The third-order valence-electron chi connectivity index (χ3n) is 3.60. The summed E-state index contributed by atoms with van der Waals surface area (Å²) >= 11 is 0. The Hall–Kier alpha value is -0.570. The van der Waals surface area contributed by atoms with Crippen molar-refractivity contribution in [2.45, 2.75) is 45.2 Å². The van der Waals surface area contributed by atoms with Crippen molar-refractivity contribution in [3.63, 3.8) is 0 Å². The molecule has 15 heavy (non-hydrogen) atoms. The molecule has 1 heterocycles. The van der Waals surface area contributed by atoms with Crippen molar-refractivity contribution < 1.29 is 0 Å². The van der Waals surface area contributed by atoms with Crippen LogP contribution < -0.4 is 10.6 Å². The van der Waals surface area contributed by atoms with Crippen molar-refractivity contribution in [2.75, 3.05) is 13.6 Å². The zero-order chi connectivity index (χ0) is 10.8. The van der Waals surface area contributed by atoms with E-state index in [1.807, 2.05) is 7.05 Å². The SMILES string of the molecule is CNCC1CCC2N=C(C(C)C)NC2C1. The number of nitrogens with one attached hydrogen (secondary N) is 2.